The van der Waals surface area contributed by atoms with Gasteiger partial charge in [0.05, 0.1) is 18.9 Å². The summed E-state index contributed by atoms with van der Waals surface area (Å²) in [6.45, 7) is 8.69. The van der Waals surface area contributed by atoms with Crippen molar-refractivity contribution in [2.24, 2.45) is 5.41 Å². The average Bonchev–Trinajstić information content (AvgIpc) is 3.35. The highest BCUT2D eigenvalue weighted by molar-refractivity contribution is 5.95. The highest BCUT2D eigenvalue weighted by Gasteiger charge is 2.28. The fourth-order valence-electron chi connectivity index (χ4n) is 6.44. The number of hydrogen-bond acceptors (Lipinski definition) is 6. The van der Waals surface area contributed by atoms with Crippen molar-refractivity contribution in [1.29, 1.82) is 0 Å². The van der Waals surface area contributed by atoms with Crippen molar-refractivity contribution >= 4 is 23.8 Å². The van der Waals surface area contributed by atoms with Gasteiger partial charge < -0.3 is 19.1 Å². The molecule has 0 aliphatic carbocycles. The van der Waals surface area contributed by atoms with Crippen molar-refractivity contribution in [3.05, 3.63) is 77.1 Å². The molecule has 1 amide bonds. The van der Waals surface area contributed by atoms with Crippen LogP contribution in [0.4, 0.5) is 4.39 Å². The van der Waals surface area contributed by atoms with Gasteiger partial charge in [0.2, 0.25) is 6.41 Å². The van der Waals surface area contributed by atoms with E-state index in [0.717, 1.165) is 83.1 Å². The fourth-order valence-corrected chi connectivity index (χ4v) is 6.44. The number of benzene rings is 3. The minimum absolute atomic E-state index is 0.218. The number of methoxy groups -OCH3 is 1. The number of phenolic OH excluding ortho intramolecular Hbond substituents is 1. The molecule has 4 rings (SSSR count). The first-order valence-electron chi connectivity index (χ1n) is 16.4. The third-order valence-corrected chi connectivity index (χ3v) is 8.58. The van der Waals surface area contributed by atoms with Gasteiger partial charge in [-0.1, -0.05) is 51.0 Å². The predicted octanol–water partition coefficient (Wildman–Crippen LogP) is 7.12. The van der Waals surface area contributed by atoms with E-state index in [4.69, 9.17) is 9.47 Å². The van der Waals surface area contributed by atoms with E-state index in [0.29, 0.717) is 44.4 Å². The topological polar surface area (TPSA) is 102 Å². The number of aromatic nitrogens is 1. The molecule has 0 bridgehead atoms. The highest BCUT2D eigenvalue weighted by Crippen LogP contribution is 2.42. The molecule has 0 saturated carbocycles. The summed E-state index contributed by atoms with van der Waals surface area (Å²) in [5.74, 6) is -0.0684. The summed E-state index contributed by atoms with van der Waals surface area (Å²) in [7, 11) is 1.65. The van der Waals surface area contributed by atoms with Gasteiger partial charge >= 0.3 is 0 Å². The van der Waals surface area contributed by atoms with Crippen LogP contribution in [-0.4, -0.2) is 49.4 Å². The lowest BCUT2D eigenvalue weighted by molar-refractivity contribution is -0.131. The number of hydrazine groups is 1. The quantitative estimate of drug-likeness (QED) is 0.0538. The summed E-state index contributed by atoms with van der Waals surface area (Å²) in [6, 6.07) is 17.3. The Morgan fingerprint density at radius 2 is 1.79 bits per heavy atom. The molecule has 1 aromatic heterocycles. The van der Waals surface area contributed by atoms with E-state index in [1.807, 2.05) is 26.0 Å². The number of nitrogens with zero attached hydrogens (tertiary/aromatic N) is 1. The Kier molecular flexibility index (Phi) is 13.0. The molecular weight excluding hydrogens is 597 g/mol. The molecule has 8 nitrogen and oxygen atoms in total. The van der Waals surface area contributed by atoms with Gasteiger partial charge in [-0.15, -0.1) is 0 Å². The third kappa shape index (κ3) is 9.20. The summed E-state index contributed by atoms with van der Waals surface area (Å²) >= 11 is 0. The molecule has 0 spiro atoms. The first-order valence-corrected chi connectivity index (χ1v) is 16.4. The average molecular weight is 646 g/mol. The van der Waals surface area contributed by atoms with Crippen LogP contribution in [0.15, 0.2) is 54.6 Å². The molecule has 0 saturated heterocycles. The number of aryl methyl sites for hydroxylation is 2. The smallest absolute Gasteiger partial charge is 0.293 e. The van der Waals surface area contributed by atoms with Crippen molar-refractivity contribution < 1.29 is 28.6 Å². The first-order chi connectivity index (χ1) is 22.7. The molecule has 0 fully saturated rings. The summed E-state index contributed by atoms with van der Waals surface area (Å²) in [4.78, 5) is 21.5. The number of phenols is 1. The SMILES string of the molecule is CCn1c(-c2c(F)cccc2CCOC)c(CC(C)(C)COC=O)c2cc(-c3cc(O)cc(CCCCCCNNC=O)c3)ccc21. The van der Waals surface area contributed by atoms with E-state index >= 15 is 4.39 Å². The maximum absolute atomic E-state index is 15.9. The Balaban J connectivity index is 1.77. The van der Waals surface area contributed by atoms with Crippen molar-refractivity contribution in [1.82, 2.24) is 15.4 Å². The number of carbonyl (C=O) groups excluding carboxylic acids is 2. The van der Waals surface area contributed by atoms with Gasteiger partial charge in [0.25, 0.3) is 6.47 Å². The first kappa shape index (κ1) is 35.6. The second-order valence-electron chi connectivity index (χ2n) is 12.8. The number of unbranched alkanes of at least 4 members (excludes halogenated alkanes) is 3. The van der Waals surface area contributed by atoms with Crippen LogP contribution in [0.5, 0.6) is 5.75 Å². The van der Waals surface area contributed by atoms with Crippen LogP contribution >= 0.6 is 0 Å². The van der Waals surface area contributed by atoms with Gasteiger partial charge in [-0.05, 0) is 97.2 Å². The number of hydrogen-bond donors (Lipinski definition) is 3. The predicted molar refractivity (Wildman–Crippen MR) is 185 cm³/mol. The van der Waals surface area contributed by atoms with Gasteiger partial charge in [0.1, 0.15) is 11.6 Å². The molecule has 9 heteroatoms. The van der Waals surface area contributed by atoms with E-state index in [2.05, 4.69) is 46.6 Å². The number of nitrogens with one attached hydrogen (secondary N) is 2. The Morgan fingerprint density at radius 1 is 0.979 bits per heavy atom. The van der Waals surface area contributed by atoms with Crippen molar-refractivity contribution in [2.45, 2.75) is 72.3 Å². The van der Waals surface area contributed by atoms with Crippen LogP contribution in [0.1, 0.15) is 63.1 Å². The number of carbonyl (C=O) groups is 2. The molecule has 1 heterocycles. The highest BCUT2D eigenvalue weighted by atomic mass is 19.1. The molecule has 0 aliphatic rings. The van der Waals surface area contributed by atoms with Crippen LogP contribution in [0.25, 0.3) is 33.3 Å². The largest absolute Gasteiger partial charge is 0.508 e. The van der Waals surface area contributed by atoms with Crippen molar-refractivity contribution in [2.75, 3.05) is 26.9 Å². The van der Waals surface area contributed by atoms with Crippen LogP contribution < -0.4 is 10.9 Å². The molecule has 0 atom stereocenters. The zero-order valence-corrected chi connectivity index (χ0v) is 28.0. The molecule has 0 aliphatic heterocycles. The van der Waals surface area contributed by atoms with Crippen molar-refractivity contribution in [3.63, 3.8) is 0 Å². The summed E-state index contributed by atoms with van der Waals surface area (Å²) in [5, 5.41) is 11.7. The molecule has 47 heavy (non-hydrogen) atoms. The van der Waals surface area contributed by atoms with Gasteiger partial charge in [-0.3, -0.25) is 15.0 Å². The number of halogens is 1. The Morgan fingerprint density at radius 3 is 2.53 bits per heavy atom. The normalized spacial score (nSPS) is 11.6. The van der Waals surface area contributed by atoms with E-state index in [9.17, 15) is 14.7 Å². The lowest BCUT2D eigenvalue weighted by atomic mass is 9.83. The standard InChI is InChI=1S/C38H48FN3O5/c1-5-42-35-15-14-29(30-19-27(20-31(45)21-30)11-8-6-7-9-17-40-41-25-43)22-32(35)33(23-38(2,3)24-47-26-44)37(42)36-28(16-18-46-4)12-10-13-34(36)39/h10,12-15,19-22,25-26,40,45H,5-9,11,16-18,23-24H2,1-4H3,(H,41,43). The minimum atomic E-state index is -0.421. The number of rotatable bonds is 20. The number of aromatic hydroxyl groups is 1. The molecule has 3 aromatic carbocycles. The zero-order chi connectivity index (χ0) is 33.8. The van der Waals surface area contributed by atoms with E-state index in [1.54, 1.807) is 19.2 Å². The molecule has 3 N–H and O–H groups in total. The Bertz CT molecular complexity index is 1650. The lowest BCUT2D eigenvalue weighted by Crippen LogP contribution is -2.30. The van der Waals surface area contributed by atoms with Crippen LogP contribution in [-0.2, 0) is 44.9 Å². The summed E-state index contributed by atoms with van der Waals surface area (Å²) in [5.41, 5.74) is 12.1. The van der Waals surface area contributed by atoms with E-state index in [1.165, 1.54) is 6.07 Å². The fraction of sp³-hybridized carbons (Fsp3) is 0.421. The van der Waals surface area contributed by atoms with E-state index < -0.39 is 5.41 Å². The van der Waals surface area contributed by atoms with Gasteiger partial charge in [-0.25, -0.2) is 9.82 Å². The molecule has 4 aromatic rings. The molecule has 0 unspecified atom stereocenters. The second-order valence-corrected chi connectivity index (χ2v) is 12.8. The number of fused-ring (bicyclic) bond motifs is 1. The number of ether oxygens (including phenoxy) is 2. The van der Waals surface area contributed by atoms with Crippen LogP contribution in [0.3, 0.4) is 0 Å². The molecule has 0 radical (unpaired) electrons. The van der Waals surface area contributed by atoms with Gasteiger partial charge in [-0.2, -0.15) is 0 Å². The Hall–Kier alpha value is -4.21. The lowest BCUT2D eigenvalue weighted by Gasteiger charge is -2.25. The minimum Gasteiger partial charge on any atom is -0.508 e. The maximum atomic E-state index is 15.9. The summed E-state index contributed by atoms with van der Waals surface area (Å²) in [6.07, 6.45) is 6.62. The van der Waals surface area contributed by atoms with E-state index in [-0.39, 0.29) is 18.2 Å². The van der Waals surface area contributed by atoms with Gasteiger partial charge in [0.15, 0.2) is 0 Å². The molecule has 252 valence electrons. The second kappa shape index (κ2) is 17.1. The maximum Gasteiger partial charge on any atom is 0.293 e. The zero-order valence-electron chi connectivity index (χ0n) is 28.0. The van der Waals surface area contributed by atoms with Gasteiger partial charge in [0, 0.05) is 42.1 Å². The van der Waals surface area contributed by atoms with Crippen molar-refractivity contribution in [3.8, 4) is 28.1 Å². The summed E-state index contributed by atoms with van der Waals surface area (Å²) < 4.78 is 28.7. The molecular formula is C38H48FN3O5. The third-order valence-electron chi connectivity index (χ3n) is 8.58. The van der Waals surface area contributed by atoms with Crippen LogP contribution in [0.2, 0.25) is 0 Å². The van der Waals surface area contributed by atoms with Crippen LogP contribution in [0, 0.1) is 11.2 Å². The Labute approximate surface area is 277 Å². The number of amides is 1. The monoisotopic (exact) mass is 645 g/mol.